The van der Waals surface area contributed by atoms with Crippen molar-refractivity contribution in [2.75, 3.05) is 0 Å². The summed E-state index contributed by atoms with van der Waals surface area (Å²) in [5.41, 5.74) is 17.1. The van der Waals surface area contributed by atoms with E-state index in [0.29, 0.717) is 48.4 Å². The van der Waals surface area contributed by atoms with E-state index >= 15 is 0 Å². The summed E-state index contributed by atoms with van der Waals surface area (Å²) in [6, 6.07) is 14.7. The van der Waals surface area contributed by atoms with Gasteiger partial charge in [-0.1, -0.05) is 74.2 Å². The van der Waals surface area contributed by atoms with E-state index in [0.717, 1.165) is 97.0 Å². The number of nitrogens with zero attached hydrogens (tertiary/aromatic N) is 4. The molecule has 4 heterocycles. The number of carbonyl (C=O) groups is 2. The molecule has 1 aromatic heterocycles. The molecule has 2 aromatic carbocycles. The molecule has 0 amide bonds. The highest BCUT2D eigenvalue weighted by atomic mass is 19.1. The Morgan fingerprint density at radius 1 is 0.607 bits per heavy atom. The Labute approximate surface area is 358 Å². The van der Waals surface area contributed by atoms with Crippen LogP contribution in [0.4, 0.5) is 8.78 Å². The summed E-state index contributed by atoms with van der Waals surface area (Å²) in [4.78, 5) is 41.2. The molecule has 0 radical (unpaired) electrons. The molecule has 6 nitrogen and oxygen atoms in total. The predicted octanol–water partition coefficient (Wildman–Crippen LogP) is 11.9. The van der Waals surface area contributed by atoms with Gasteiger partial charge >= 0.3 is 0 Å². The van der Waals surface area contributed by atoms with Crippen LogP contribution in [0.5, 0.6) is 0 Å². The van der Waals surface area contributed by atoms with Gasteiger partial charge in [0.2, 0.25) is 11.9 Å². The van der Waals surface area contributed by atoms with Crippen LogP contribution in [0.15, 0.2) is 93.9 Å². The number of aliphatic imine (C=N–C) groups is 3. The van der Waals surface area contributed by atoms with Crippen LogP contribution in [-0.4, -0.2) is 33.7 Å². The number of allylic oxidation sites excluding steroid dienone is 4. The standard InChI is InChI=1S/C19H20FNO.C19H21NO.C15H15FN2/c1-11-6-17(19(20)21-11)14-5-4-13-10-18(22)16(7-12-2-3-12)9-15(13)8-14;1-12-6-18(11-20-12)14-4-5-15-10-19(21)17(7-13-2-3-13)9-16(15)8-14;1-9-3-4-11-7-12(8-17-14(11)5-9)13-6-10(2)18-15(13)16/h4-5,8,12,16H,2-3,6-7,9-10H2,1H3;4-5,8,11,13,17H,2-3,6-7,9-10H2,1H3;7-8H,1,3-6H2,2H3. The van der Waals surface area contributed by atoms with Gasteiger partial charge in [0.05, 0.1) is 0 Å². The van der Waals surface area contributed by atoms with Crippen LogP contribution < -0.4 is 0 Å². The van der Waals surface area contributed by atoms with Gasteiger partial charge < -0.3 is 0 Å². The summed E-state index contributed by atoms with van der Waals surface area (Å²) < 4.78 is 27.6. The third kappa shape index (κ3) is 9.64. The Balaban J connectivity index is 0.000000118. The second-order valence-electron chi connectivity index (χ2n) is 19.0. The minimum atomic E-state index is -0.352. The smallest absolute Gasteiger partial charge is 0.217 e. The van der Waals surface area contributed by atoms with Gasteiger partial charge in [-0.3, -0.25) is 19.6 Å². The first-order valence-corrected chi connectivity index (χ1v) is 22.4. The van der Waals surface area contributed by atoms with Crippen LogP contribution in [-0.2, 0) is 48.1 Å². The molecule has 8 heteroatoms. The number of pyridine rings is 1. The number of aryl methyl sites for hydroxylation is 1. The normalized spacial score (nSPS) is 22.9. The van der Waals surface area contributed by atoms with Gasteiger partial charge in [0, 0.05) is 102 Å². The number of hydrogen-bond acceptors (Lipinski definition) is 6. The van der Waals surface area contributed by atoms with Gasteiger partial charge in [-0.25, -0.2) is 9.98 Å². The molecule has 2 fully saturated rings. The van der Waals surface area contributed by atoms with Crippen molar-refractivity contribution in [3.05, 3.63) is 129 Å². The fourth-order valence-electron chi connectivity index (χ4n) is 9.82. The zero-order valence-corrected chi connectivity index (χ0v) is 35.9. The van der Waals surface area contributed by atoms with E-state index in [-0.39, 0.29) is 23.7 Å². The highest BCUT2D eigenvalue weighted by Crippen LogP contribution is 2.41. The van der Waals surface area contributed by atoms with Crippen molar-refractivity contribution < 1.29 is 18.4 Å². The lowest BCUT2D eigenvalue weighted by atomic mass is 9.79. The minimum absolute atomic E-state index is 0.177. The van der Waals surface area contributed by atoms with Crippen molar-refractivity contribution in [1.29, 1.82) is 0 Å². The fourth-order valence-corrected chi connectivity index (χ4v) is 9.82. The van der Waals surface area contributed by atoms with Crippen LogP contribution in [0, 0.1) is 23.7 Å². The first-order valence-electron chi connectivity index (χ1n) is 22.4. The Hall–Kier alpha value is -5.24. The molecule has 2 unspecified atom stereocenters. The number of fused-ring (bicyclic) bond motifs is 3. The number of hydrogen-bond donors (Lipinski definition) is 0. The molecule has 61 heavy (non-hydrogen) atoms. The minimum Gasteiger partial charge on any atom is -0.299 e. The molecule has 0 spiro atoms. The van der Waals surface area contributed by atoms with Crippen LogP contribution in [0.3, 0.4) is 0 Å². The van der Waals surface area contributed by atoms with Crippen LogP contribution in [0.1, 0.15) is 135 Å². The maximum absolute atomic E-state index is 13.9. The summed E-state index contributed by atoms with van der Waals surface area (Å²) in [6.07, 6.45) is 19.1. The summed E-state index contributed by atoms with van der Waals surface area (Å²) in [5.74, 6) is 2.20. The lowest BCUT2D eigenvalue weighted by Crippen LogP contribution is -2.26. The lowest BCUT2D eigenvalue weighted by Gasteiger charge is -2.24. The summed E-state index contributed by atoms with van der Waals surface area (Å²) >= 11 is 0. The molecule has 3 aromatic rings. The SMILES string of the molecule is C=C1CCc2cc(C3=C(F)N=C(C)C3)cnc2C1.CC1=NC(F)=C(c2ccc3c(c2)CC(CC2CC2)C(=O)C3)C1.CC1=NC=C(c2ccc3c(c2)CC(CC2CC2)C(=O)C3)C1. The number of benzene rings is 2. The highest BCUT2D eigenvalue weighted by molar-refractivity contribution is 5.99. The number of carbonyl (C=O) groups excluding carboxylic acids is 2. The van der Waals surface area contributed by atoms with E-state index < -0.39 is 0 Å². The zero-order valence-electron chi connectivity index (χ0n) is 35.9. The monoisotopic (exact) mass is 818 g/mol. The average molecular weight is 819 g/mol. The summed E-state index contributed by atoms with van der Waals surface area (Å²) in [5, 5.41) is 0. The molecule has 0 saturated heterocycles. The van der Waals surface area contributed by atoms with Crippen LogP contribution in [0.25, 0.3) is 16.7 Å². The van der Waals surface area contributed by atoms with Crippen molar-refractivity contribution in [2.45, 2.75) is 124 Å². The average Bonchev–Trinajstić information content (AvgIpc) is 4.14. The molecule has 2 saturated carbocycles. The van der Waals surface area contributed by atoms with Crippen molar-refractivity contribution in [2.24, 2.45) is 38.6 Å². The lowest BCUT2D eigenvalue weighted by molar-refractivity contribution is -0.123. The number of rotatable bonds is 7. The Bertz CT molecular complexity index is 2530. The molecular weight excluding hydrogens is 763 g/mol. The van der Waals surface area contributed by atoms with Gasteiger partial charge in [0.15, 0.2) is 0 Å². The van der Waals surface area contributed by atoms with E-state index in [1.54, 1.807) is 6.20 Å². The maximum atomic E-state index is 13.9. The Morgan fingerprint density at radius 3 is 1.67 bits per heavy atom. The number of halogens is 2. The first kappa shape index (κ1) is 41.1. The third-order valence-electron chi connectivity index (χ3n) is 13.7. The maximum Gasteiger partial charge on any atom is 0.217 e. The summed E-state index contributed by atoms with van der Waals surface area (Å²) in [6.45, 7) is 9.79. The number of Topliss-reactive ketones (excluding diaryl/α,β-unsaturated/α-hetero) is 2. The largest absolute Gasteiger partial charge is 0.299 e. The number of ketones is 2. The van der Waals surface area contributed by atoms with Crippen LogP contribution >= 0.6 is 0 Å². The van der Waals surface area contributed by atoms with Gasteiger partial charge in [-0.05, 0) is 122 Å². The van der Waals surface area contributed by atoms with E-state index in [2.05, 4.69) is 63.8 Å². The van der Waals surface area contributed by atoms with Gasteiger partial charge in [0.25, 0.3) is 0 Å². The molecule has 2 atom stereocenters. The van der Waals surface area contributed by atoms with E-state index in [9.17, 15) is 18.4 Å². The molecule has 314 valence electrons. The van der Waals surface area contributed by atoms with Gasteiger partial charge in [0.1, 0.15) is 11.6 Å². The summed E-state index contributed by atoms with van der Waals surface area (Å²) in [7, 11) is 0. The van der Waals surface area contributed by atoms with E-state index in [1.807, 2.05) is 32.2 Å². The Kier molecular flexibility index (Phi) is 11.6. The molecule has 3 aliphatic heterocycles. The Morgan fingerprint density at radius 2 is 1.15 bits per heavy atom. The van der Waals surface area contributed by atoms with Gasteiger partial charge in [-0.15, -0.1) is 0 Å². The van der Waals surface area contributed by atoms with Crippen molar-refractivity contribution in [3.8, 4) is 0 Å². The molecule has 0 N–H and O–H groups in total. The molecule has 11 rings (SSSR count). The van der Waals surface area contributed by atoms with Crippen molar-refractivity contribution in [3.63, 3.8) is 0 Å². The van der Waals surface area contributed by atoms with Crippen molar-refractivity contribution in [1.82, 2.24) is 4.98 Å². The topological polar surface area (TPSA) is 84.1 Å². The second-order valence-corrected chi connectivity index (χ2v) is 19.0. The molecule has 5 aliphatic carbocycles. The second kappa shape index (κ2) is 17.3. The third-order valence-corrected chi connectivity index (χ3v) is 13.7. The molecule has 8 aliphatic rings. The van der Waals surface area contributed by atoms with E-state index in [4.69, 9.17) is 0 Å². The van der Waals surface area contributed by atoms with Crippen LogP contribution in [0.2, 0.25) is 0 Å². The predicted molar refractivity (Wildman–Crippen MR) is 242 cm³/mol. The highest BCUT2D eigenvalue weighted by Gasteiger charge is 2.34. The number of aromatic nitrogens is 1. The van der Waals surface area contributed by atoms with Gasteiger partial charge in [-0.2, -0.15) is 8.78 Å². The van der Waals surface area contributed by atoms with E-state index in [1.165, 1.54) is 70.4 Å². The first-order chi connectivity index (χ1) is 29.4. The van der Waals surface area contributed by atoms with Crippen molar-refractivity contribution >= 4 is 45.4 Å². The quantitative estimate of drug-likeness (QED) is 0.176. The molecule has 0 bridgehead atoms. The molecular formula is C53H56F2N4O2. The fraction of sp³-hybridized carbons (Fsp3) is 0.434. The zero-order chi connectivity index (χ0) is 42.4.